The number of aryl methyl sites for hydroxylation is 2. The van der Waals surface area contributed by atoms with Crippen LogP contribution >= 0.6 is 12.2 Å². The molecule has 1 aromatic heterocycles. The summed E-state index contributed by atoms with van der Waals surface area (Å²) in [5.41, 5.74) is 2.58. The van der Waals surface area contributed by atoms with Gasteiger partial charge in [-0.05, 0) is 79.7 Å². The van der Waals surface area contributed by atoms with Gasteiger partial charge in [0, 0.05) is 18.3 Å². The summed E-state index contributed by atoms with van der Waals surface area (Å²) in [5, 5.41) is 9.15. The smallest absolute Gasteiger partial charge is 0.328 e. The first-order chi connectivity index (χ1) is 17.6. The number of carboxylic acids is 1. The standard InChI is InChI=1S/C27H25N3O5S2/c1-3-16-29-24-14-9-20(28-37(34,35)22-12-4-18(2)5-13-22)17-23(24)26(33)30(27(29)36)21-10-6-19(7-11-21)8-15-25(31)32/h4-15,17,28H,3,16H2,1-2H3,(H,31,32)/b15-8+. The second-order valence-corrected chi connectivity index (χ2v) is 10.5. The first-order valence-corrected chi connectivity index (χ1v) is 13.4. The number of hydrogen-bond acceptors (Lipinski definition) is 5. The molecule has 0 bridgehead atoms. The van der Waals surface area contributed by atoms with E-state index < -0.39 is 21.6 Å². The molecule has 2 N–H and O–H groups in total. The van der Waals surface area contributed by atoms with E-state index in [-0.39, 0.29) is 10.6 Å². The molecule has 0 unspecified atom stereocenters. The summed E-state index contributed by atoms with van der Waals surface area (Å²) in [4.78, 5) is 24.6. The Bertz CT molecular complexity index is 1730. The predicted octanol–water partition coefficient (Wildman–Crippen LogP) is 5.14. The van der Waals surface area contributed by atoms with E-state index in [1.807, 2.05) is 18.4 Å². The van der Waals surface area contributed by atoms with Gasteiger partial charge in [0.1, 0.15) is 0 Å². The number of aromatic nitrogens is 2. The van der Waals surface area contributed by atoms with Crippen molar-refractivity contribution in [2.45, 2.75) is 31.7 Å². The Morgan fingerprint density at radius 2 is 1.73 bits per heavy atom. The number of carboxylic acid groups (broad SMARTS) is 1. The molecule has 0 atom stereocenters. The second kappa shape index (κ2) is 10.5. The van der Waals surface area contributed by atoms with Crippen LogP contribution in [-0.4, -0.2) is 28.6 Å². The predicted molar refractivity (Wildman–Crippen MR) is 147 cm³/mol. The van der Waals surface area contributed by atoms with E-state index in [2.05, 4.69) is 4.72 Å². The highest BCUT2D eigenvalue weighted by atomic mass is 32.2. The molecule has 0 aliphatic heterocycles. The molecule has 0 saturated heterocycles. The maximum atomic E-state index is 13.6. The lowest BCUT2D eigenvalue weighted by molar-refractivity contribution is -0.131. The summed E-state index contributed by atoms with van der Waals surface area (Å²) < 4.78 is 31.9. The molecule has 4 rings (SSSR count). The van der Waals surface area contributed by atoms with Crippen molar-refractivity contribution in [2.24, 2.45) is 0 Å². The average Bonchev–Trinajstić information content (AvgIpc) is 2.86. The van der Waals surface area contributed by atoms with Crippen molar-refractivity contribution >= 4 is 50.9 Å². The van der Waals surface area contributed by atoms with E-state index in [1.54, 1.807) is 48.5 Å². The number of carbonyl (C=O) groups is 1. The highest BCUT2D eigenvalue weighted by molar-refractivity contribution is 7.92. The zero-order valence-electron chi connectivity index (χ0n) is 20.2. The van der Waals surface area contributed by atoms with Crippen LogP contribution in [0.2, 0.25) is 0 Å². The molecule has 0 aliphatic carbocycles. The van der Waals surface area contributed by atoms with Gasteiger partial charge in [-0.3, -0.25) is 14.1 Å². The van der Waals surface area contributed by atoms with Crippen molar-refractivity contribution in [3.8, 4) is 5.69 Å². The topological polar surface area (TPSA) is 110 Å². The second-order valence-electron chi connectivity index (χ2n) is 8.49. The van der Waals surface area contributed by atoms with Crippen LogP contribution in [0.3, 0.4) is 0 Å². The van der Waals surface area contributed by atoms with E-state index in [1.165, 1.54) is 28.8 Å². The van der Waals surface area contributed by atoms with Crippen molar-refractivity contribution in [2.75, 3.05) is 4.72 Å². The van der Waals surface area contributed by atoms with Gasteiger partial charge in [0.2, 0.25) is 0 Å². The fourth-order valence-electron chi connectivity index (χ4n) is 3.94. The normalized spacial score (nSPS) is 11.7. The van der Waals surface area contributed by atoms with Gasteiger partial charge in [-0.25, -0.2) is 13.2 Å². The zero-order valence-corrected chi connectivity index (χ0v) is 21.8. The molecule has 0 radical (unpaired) electrons. The third-order valence-corrected chi connectivity index (χ3v) is 7.54. The fraction of sp³-hybridized carbons (Fsp3) is 0.148. The Labute approximate surface area is 219 Å². The largest absolute Gasteiger partial charge is 0.478 e. The lowest BCUT2D eigenvalue weighted by Crippen LogP contribution is -2.24. The maximum absolute atomic E-state index is 13.6. The van der Waals surface area contributed by atoms with Crippen LogP contribution in [0.1, 0.15) is 24.5 Å². The van der Waals surface area contributed by atoms with Gasteiger partial charge >= 0.3 is 5.97 Å². The minimum absolute atomic E-state index is 0.120. The molecule has 4 aromatic rings. The lowest BCUT2D eigenvalue weighted by atomic mass is 10.1. The van der Waals surface area contributed by atoms with Crippen LogP contribution in [0.25, 0.3) is 22.7 Å². The Kier molecular flexibility index (Phi) is 7.42. The van der Waals surface area contributed by atoms with Crippen molar-refractivity contribution in [1.29, 1.82) is 0 Å². The first kappa shape index (κ1) is 26.1. The van der Waals surface area contributed by atoms with Gasteiger partial charge in [0.05, 0.1) is 21.5 Å². The molecule has 0 amide bonds. The van der Waals surface area contributed by atoms with Crippen LogP contribution in [0.4, 0.5) is 5.69 Å². The summed E-state index contributed by atoms with van der Waals surface area (Å²) in [7, 11) is -3.85. The number of rotatable bonds is 8. The Morgan fingerprint density at radius 1 is 1.05 bits per heavy atom. The Hall–Kier alpha value is -4.02. The third kappa shape index (κ3) is 5.55. The van der Waals surface area contributed by atoms with Gasteiger partial charge in [0.15, 0.2) is 4.77 Å². The Morgan fingerprint density at radius 3 is 2.35 bits per heavy atom. The minimum atomic E-state index is -3.85. The number of hydrogen-bond donors (Lipinski definition) is 2. The molecule has 0 spiro atoms. The number of nitrogens with zero attached hydrogens (tertiary/aromatic N) is 2. The van der Waals surface area contributed by atoms with E-state index in [0.29, 0.717) is 33.5 Å². The summed E-state index contributed by atoms with van der Waals surface area (Å²) in [6, 6.07) is 18.1. The number of sulfonamides is 1. The molecule has 190 valence electrons. The van der Waals surface area contributed by atoms with Gasteiger partial charge < -0.3 is 9.67 Å². The number of fused-ring (bicyclic) bond motifs is 1. The van der Waals surface area contributed by atoms with Gasteiger partial charge in [-0.2, -0.15) is 0 Å². The summed E-state index contributed by atoms with van der Waals surface area (Å²) >= 11 is 5.69. The van der Waals surface area contributed by atoms with Gasteiger partial charge in [-0.15, -0.1) is 0 Å². The molecule has 3 aromatic carbocycles. The van der Waals surface area contributed by atoms with Gasteiger partial charge in [-0.1, -0.05) is 36.8 Å². The Balaban J connectivity index is 1.84. The fourth-order valence-corrected chi connectivity index (χ4v) is 5.37. The third-order valence-electron chi connectivity index (χ3n) is 5.74. The van der Waals surface area contributed by atoms with Crippen LogP contribution in [-0.2, 0) is 21.4 Å². The van der Waals surface area contributed by atoms with Crippen molar-refractivity contribution in [3.63, 3.8) is 0 Å². The zero-order chi connectivity index (χ0) is 26.7. The molecule has 0 aliphatic rings. The molecule has 0 fully saturated rings. The molecular formula is C27H25N3O5S2. The number of anilines is 1. The highest BCUT2D eigenvalue weighted by Crippen LogP contribution is 2.22. The number of nitrogens with one attached hydrogen (secondary N) is 1. The summed E-state index contributed by atoms with van der Waals surface area (Å²) in [6.07, 6.45) is 3.25. The lowest BCUT2D eigenvalue weighted by Gasteiger charge is -2.17. The first-order valence-electron chi connectivity index (χ1n) is 11.5. The molecule has 1 heterocycles. The van der Waals surface area contributed by atoms with E-state index in [4.69, 9.17) is 17.3 Å². The number of benzene rings is 3. The molecule has 37 heavy (non-hydrogen) atoms. The molecule has 8 nitrogen and oxygen atoms in total. The summed E-state index contributed by atoms with van der Waals surface area (Å²) in [5.74, 6) is -1.06. The van der Waals surface area contributed by atoms with E-state index in [9.17, 15) is 18.0 Å². The van der Waals surface area contributed by atoms with E-state index in [0.717, 1.165) is 18.1 Å². The van der Waals surface area contributed by atoms with Crippen molar-refractivity contribution in [1.82, 2.24) is 9.13 Å². The van der Waals surface area contributed by atoms with Crippen LogP contribution in [0.15, 0.2) is 82.5 Å². The highest BCUT2D eigenvalue weighted by Gasteiger charge is 2.17. The molecule has 0 saturated carbocycles. The summed E-state index contributed by atoms with van der Waals surface area (Å²) in [6.45, 7) is 4.43. The quantitative estimate of drug-likeness (QED) is 0.239. The number of aliphatic carboxylic acids is 1. The van der Waals surface area contributed by atoms with Crippen LogP contribution in [0, 0.1) is 11.7 Å². The minimum Gasteiger partial charge on any atom is -0.478 e. The van der Waals surface area contributed by atoms with Crippen molar-refractivity contribution < 1.29 is 18.3 Å². The van der Waals surface area contributed by atoms with Crippen LogP contribution in [0.5, 0.6) is 0 Å². The molecular weight excluding hydrogens is 510 g/mol. The van der Waals surface area contributed by atoms with Crippen LogP contribution < -0.4 is 10.3 Å². The average molecular weight is 536 g/mol. The van der Waals surface area contributed by atoms with E-state index >= 15 is 0 Å². The van der Waals surface area contributed by atoms with Crippen molar-refractivity contribution in [3.05, 3.63) is 99.1 Å². The maximum Gasteiger partial charge on any atom is 0.328 e. The molecule has 10 heteroatoms. The monoisotopic (exact) mass is 535 g/mol. The SMILES string of the molecule is CCCn1c(=S)n(-c2ccc(/C=C/C(=O)O)cc2)c(=O)c2cc(NS(=O)(=O)c3ccc(C)cc3)ccc21. The van der Waals surface area contributed by atoms with Gasteiger partial charge in [0.25, 0.3) is 15.6 Å².